The molecule has 16 heavy (non-hydrogen) atoms. The molecule has 0 spiro atoms. The van der Waals surface area contributed by atoms with E-state index in [1.54, 1.807) is 0 Å². The molecule has 0 aliphatic rings. The maximum absolute atomic E-state index is 11.5. The molecule has 1 aromatic heterocycles. The second-order valence-electron chi connectivity index (χ2n) is 3.62. The van der Waals surface area contributed by atoms with E-state index in [9.17, 15) is 4.79 Å². The average molecular weight is 259 g/mol. The molecule has 6 heteroatoms. The molecule has 0 aromatic carbocycles. The Morgan fingerprint density at radius 2 is 2.44 bits per heavy atom. The standard InChI is InChI=1S/C10H17N3OS2/c1-7(2)8-5-16-10(12-8)13-9(14)6-15-4-3-11/h5,7H,3-4,6,11H2,1-2H3,(H,12,13,14). The summed E-state index contributed by atoms with van der Waals surface area (Å²) in [5.41, 5.74) is 6.36. The normalized spacial score (nSPS) is 10.8. The number of hydrogen-bond acceptors (Lipinski definition) is 5. The number of aromatic nitrogens is 1. The number of hydrogen-bond donors (Lipinski definition) is 2. The van der Waals surface area contributed by atoms with E-state index in [1.807, 2.05) is 5.38 Å². The third kappa shape index (κ3) is 4.51. The first-order valence-electron chi connectivity index (χ1n) is 5.16. The zero-order valence-corrected chi connectivity index (χ0v) is 11.2. The molecule has 4 nitrogen and oxygen atoms in total. The lowest BCUT2D eigenvalue weighted by Crippen LogP contribution is -2.15. The lowest BCUT2D eigenvalue weighted by Gasteiger charge is -2.01. The summed E-state index contributed by atoms with van der Waals surface area (Å²) in [5, 5.41) is 5.44. The van der Waals surface area contributed by atoms with Crippen LogP contribution in [0.5, 0.6) is 0 Å². The summed E-state index contributed by atoms with van der Waals surface area (Å²) in [4.78, 5) is 15.8. The molecule has 0 unspecified atom stereocenters. The van der Waals surface area contributed by atoms with Crippen LogP contribution >= 0.6 is 23.1 Å². The third-order valence-corrected chi connectivity index (χ3v) is 3.62. The molecular weight excluding hydrogens is 242 g/mol. The highest BCUT2D eigenvalue weighted by atomic mass is 32.2. The fraction of sp³-hybridized carbons (Fsp3) is 0.600. The van der Waals surface area contributed by atoms with Crippen molar-refractivity contribution in [3.8, 4) is 0 Å². The van der Waals surface area contributed by atoms with Gasteiger partial charge >= 0.3 is 0 Å². The minimum Gasteiger partial charge on any atom is -0.330 e. The zero-order valence-electron chi connectivity index (χ0n) is 9.53. The highest BCUT2D eigenvalue weighted by Crippen LogP contribution is 2.21. The molecule has 1 rings (SSSR count). The molecule has 90 valence electrons. The van der Waals surface area contributed by atoms with E-state index in [0.717, 1.165) is 11.4 Å². The molecule has 0 radical (unpaired) electrons. The third-order valence-electron chi connectivity index (χ3n) is 1.86. The molecule has 0 aliphatic carbocycles. The van der Waals surface area contributed by atoms with Gasteiger partial charge in [-0.1, -0.05) is 13.8 Å². The predicted molar refractivity (Wildman–Crippen MR) is 71.2 cm³/mol. The van der Waals surface area contributed by atoms with Crippen LogP contribution in [0, 0.1) is 0 Å². The van der Waals surface area contributed by atoms with Gasteiger partial charge in [0.25, 0.3) is 0 Å². The predicted octanol–water partition coefficient (Wildman–Crippen LogP) is 1.90. The van der Waals surface area contributed by atoms with Gasteiger partial charge in [0.05, 0.1) is 11.4 Å². The van der Waals surface area contributed by atoms with Crippen LogP contribution in [0.25, 0.3) is 0 Å². The van der Waals surface area contributed by atoms with Crippen LogP contribution in [-0.2, 0) is 4.79 Å². The fourth-order valence-electron chi connectivity index (χ4n) is 1.01. The van der Waals surface area contributed by atoms with Gasteiger partial charge in [0, 0.05) is 17.7 Å². The van der Waals surface area contributed by atoms with Crippen molar-refractivity contribution in [1.82, 2.24) is 4.98 Å². The van der Waals surface area contributed by atoms with Gasteiger partial charge in [-0.05, 0) is 5.92 Å². The van der Waals surface area contributed by atoms with Crippen molar-refractivity contribution in [3.05, 3.63) is 11.1 Å². The molecule has 1 amide bonds. The number of nitrogens with one attached hydrogen (secondary N) is 1. The minimum absolute atomic E-state index is 0.0110. The van der Waals surface area contributed by atoms with Crippen molar-refractivity contribution < 1.29 is 4.79 Å². The Balaban J connectivity index is 2.37. The largest absolute Gasteiger partial charge is 0.330 e. The number of nitrogens with zero attached hydrogens (tertiary/aromatic N) is 1. The minimum atomic E-state index is -0.0110. The Kier molecular flexibility index (Phi) is 5.79. The quantitative estimate of drug-likeness (QED) is 0.766. The Morgan fingerprint density at radius 1 is 1.69 bits per heavy atom. The number of amides is 1. The van der Waals surface area contributed by atoms with Crippen LogP contribution in [0.1, 0.15) is 25.5 Å². The fourth-order valence-corrected chi connectivity index (χ4v) is 2.47. The molecule has 0 atom stereocenters. The van der Waals surface area contributed by atoms with E-state index >= 15 is 0 Å². The van der Waals surface area contributed by atoms with Crippen LogP contribution in [0.3, 0.4) is 0 Å². The number of thioether (sulfide) groups is 1. The maximum atomic E-state index is 11.5. The topological polar surface area (TPSA) is 68.0 Å². The first-order chi connectivity index (χ1) is 7.63. The van der Waals surface area contributed by atoms with E-state index in [1.165, 1.54) is 23.1 Å². The number of thiazole rings is 1. The Morgan fingerprint density at radius 3 is 3.00 bits per heavy atom. The molecule has 1 aromatic rings. The van der Waals surface area contributed by atoms with Gasteiger partial charge in [-0.2, -0.15) is 11.8 Å². The highest BCUT2D eigenvalue weighted by Gasteiger charge is 2.08. The summed E-state index contributed by atoms with van der Waals surface area (Å²) in [6.45, 7) is 4.77. The van der Waals surface area contributed by atoms with Crippen molar-refractivity contribution in [3.63, 3.8) is 0 Å². The number of nitrogens with two attached hydrogens (primary N) is 1. The SMILES string of the molecule is CC(C)c1csc(NC(=O)CSCCN)n1. The lowest BCUT2D eigenvalue weighted by atomic mass is 10.2. The van der Waals surface area contributed by atoms with Gasteiger partial charge in [0.15, 0.2) is 5.13 Å². The first kappa shape index (κ1) is 13.5. The molecular formula is C10H17N3OS2. The molecule has 0 saturated heterocycles. The summed E-state index contributed by atoms with van der Waals surface area (Å²) in [6.07, 6.45) is 0. The molecule has 0 bridgehead atoms. The monoisotopic (exact) mass is 259 g/mol. The van der Waals surface area contributed by atoms with Gasteiger partial charge in [0.2, 0.25) is 5.91 Å². The van der Waals surface area contributed by atoms with Crippen LogP contribution in [0.2, 0.25) is 0 Å². The Labute approximate surface area is 104 Å². The van der Waals surface area contributed by atoms with Crippen LogP contribution in [0.4, 0.5) is 5.13 Å². The van der Waals surface area contributed by atoms with E-state index < -0.39 is 0 Å². The summed E-state index contributed by atoms with van der Waals surface area (Å²) >= 11 is 3.00. The van der Waals surface area contributed by atoms with E-state index in [2.05, 4.69) is 24.1 Å². The number of anilines is 1. The highest BCUT2D eigenvalue weighted by molar-refractivity contribution is 7.99. The number of carbonyl (C=O) groups excluding carboxylic acids is 1. The van der Waals surface area contributed by atoms with Crippen LogP contribution < -0.4 is 11.1 Å². The van der Waals surface area contributed by atoms with E-state index in [-0.39, 0.29) is 5.91 Å². The second-order valence-corrected chi connectivity index (χ2v) is 5.58. The second kappa shape index (κ2) is 6.88. The van der Waals surface area contributed by atoms with Gasteiger partial charge < -0.3 is 11.1 Å². The molecule has 0 aliphatic heterocycles. The Hall–Kier alpha value is -0.590. The van der Waals surface area contributed by atoms with Crippen LogP contribution in [0.15, 0.2) is 5.38 Å². The van der Waals surface area contributed by atoms with Gasteiger partial charge in [-0.3, -0.25) is 4.79 Å². The first-order valence-corrected chi connectivity index (χ1v) is 7.20. The number of rotatable bonds is 6. The van der Waals surface area contributed by atoms with Crippen molar-refractivity contribution in [1.29, 1.82) is 0 Å². The summed E-state index contributed by atoms with van der Waals surface area (Å²) < 4.78 is 0. The lowest BCUT2D eigenvalue weighted by molar-refractivity contribution is -0.113. The van der Waals surface area contributed by atoms with E-state index in [4.69, 9.17) is 5.73 Å². The van der Waals surface area contributed by atoms with Gasteiger partial charge in [0.1, 0.15) is 0 Å². The Bertz CT molecular complexity index is 339. The molecule has 0 saturated carbocycles. The van der Waals surface area contributed by atoms with Crippen molar-refractivity contribution in [2.75, 3.05) is 23.4 Å². The molecule has 0 fully saturated rings. The van der Waals surface area contributed by atoms with Crippen molar-refractivity contribution in [2.24, 2.45) is 5.73 Å². The summed E-state index contributed by atoms with van der Waals surface area (Å²) in [6, 6.07) is 0. The van der Waals surface area contributed by atoms with Crippen molar-refractivity contribution >= 4 is 34.1 Å². The van der Waals surface area contributed by atoms with Gasteiger partial charge in [-0.25, -0.2) is 4.98 Å². The summed E-state index contributed by atoms with van der Waals surface area (Å²) in [7, 11) is 0. The zero-order chi connectivity index (χ0) is 12.0. The average Bonchev–Trinajstić information content (AvgIpc) is 2.66. The van der Waals surface area contributed by atoms with E-state index in [0.29, 0.717) is 23.3 Å². The molecule has 3 N–H and O–H groups in total. The molecule has 1 heterocycles. The number of carbonyl (C=O) groups is 1. The van der Waals surface area contributed by atoms with Gasteiger partial charge in [-0.15, -0.1) is 11.3 Å². The van der Waals surface area contributed by atoms with Crippen LogP contribution in [-0.4, -0.2) is 28.9 Å². The van der Waals surface area contributed by atoms with Crippen molar-refractivity contribution in [2.45, 2.75) is 19.8 Å². The summed E-state index contributed by atoms with van der Waals surface area (Å²) in [5.74, 6) is 1.63. The smallest absolute Gasteiger partial charge is 0.236 e. The maximum Gasteiger partial charge on any atom is 0.236 e.